The molecule has 0 aromatic carbocycles. The van der Waals surface area contributed by atoms with Gasteiger partial charge in [-0.15, -0.1) is 0 Å². The van der Waals surface area contributed by atoms with E-state index in [9.17, 15) is 4.79 Å². The smallest absolute Gasteiger partial charge is 0.234 e. The second-order valence-electron chi connectivity index (χ2n) is 4.66. The van der Waals surface area contributed by atoms with E-state index in [4.69, 9.17) is 11.5 Å². The topological polar surface area (TPSA) is 69.1 Å². The van der Waals surface area contributed by atoms with E-state index >= 15 is 0 Å². The standard InChI is InChI=1S/C6H14.C5H12N2O/c1-5(2)6(3)4;1-3(2)4(6)5(7)8/h5-6H,1-4H3;3-4H,6H2,1-2H3,(H2,7,8). The van der Waals surface area contributed by atoms with Gasteiger partial charge in [0.05, 0.1) is 6.04 Å². The number of carbonyl (C=O) groups excluding carboxylic acids is 1. The molecule has 0 aliphatic rings. The molecule has 0 aliphatic heterocycles. The highest BCUT2D eigenvalue weighted by Crippen LogP contribution is 2.05. The first kappa shape index (κ1) is 15.9. The minimum atomic E-state index is -0.491. The van der Waals surface area contributed by atoms with Gasteiger partial charge in [-0.2, -0.15) is 0 Å². The SMILES string of the molecule is CC(C)C(C)C.CC(C)C(N)C(N)=O. The monoisotopic (exact) mass is 202 g/mol. The lowest BCUT2D eigenvalue weighted by atomic mass is 10.0. The van der Waals surface area contributed by atoms with Gasteiger partial charge in [-0.05, 0) is 17.8 Å². The molecule has 0 spiro atoms. The van der Waals surface area contributed by atoms with Crippen LogP contribution in [-0.2, 0) is 4.79 Å². The van der Waals surface area contributed by atoms with Gasteiger partial charge < -0.3 is 11.5 Å². The number of carbonyl (C=O) groups is 1. The van der Waals surface area contributed by atoms with Crippen LogP contribution in [0, 0.1) is 17.8 Å². The molecule has 3 nitrogen and oxygen atoms in total. The summed E-state index contributed by atoms with van der Waals surface area (Å²) >= 11 is 0. The molecule has 0 bridgehead atoms. The largest absolute Gasteiger partial charge is 0.368 e. The van der Waals surface area contributed by atoms with Crippen molar-refractivity contribution >= 4 is 5.91 Å². The van der Waals surface area contributed by atoms with Crippen molar-refractivity contribution in [2.24, 2.45) is 29.2 Å². The van der Waals surface area contributed by atoms with Crippen molar-refractivity contribution in [1.82, 2.24) is 0 Å². The average Bonchev–Trinajstić information content (AvgIpc) is 2.03. The van der Waals surface area contributed by atoms with Crippen LogP contribution in [-0.4, -0.2) is 11.9 Å². The second kappa shape index (κ2) is 7.80. The Morgan fingerprint density at radius 3 is 1.14 bits per heavy atom. The molecule has 1 amide bonds. The highest BCUT2D eigenvalue weighted by molar-refractivity contribution is 5.79. The molecule has 0 aromatic rings. The number of hydrogen-bond acceptors (Lipinski definition) is 2. The maximum atomic E-state index is 10.2. The first-order valence-corrected chi connectivity index (χ1v) is 5.25. The molecular weight excluding hydrogens is 176 g/mol. The molecule has 4 N–H and O–H groups in total. The molecule has 14 heavy (non-hydrogen) atoms. The van der Waals surface area contributed by atoms with Gasteiger partial charge in [0.1, 0.15) is 0 Å². The van der Waals surface area contributed by atoms with Crippen LogP contribution in [0.15, 0.2) is 0 Å². The molecule has 0 saturated carbocycles. The summed E-state index contributed by atoms with van der Waals surface area (Å²) in [5.41, 5.74) is 10.2. The zero-order valence-electron chi connectivity index (χ0n) is 10.4. The summed E-state index contributed by atoms with van der Waals surface area (Å²) in [7, 11) is 0. The van der Waals surface area contributed by atoms with E-state index in [0.29, 0.717) is 0 Å². The number of primary amides is 1. The Labute approximate surface area is 88.2 Å². The quantitative estimate of drug-likeness (QED) is 0.732. The van der Waals surface area contributed by atoms with Gasteiger partial charge in [0.25, 0.3) is 0 Å². The van der Waals surface area contributed by atoms with Crippen LogP contribution in [0.1, 0.15) is 41.5 Å². The second-order valence-corrected chi connectivity index (χ2v) is 4.66. The van der Waals surface area contributed by atoms with Gasteiger partial charge in [0, 0.05) is 0 Å². The molecule has 0 saturated heterocycles. The van der Waals surface area contributed by atoms with E-state index < -0.39 is 11.9 Å². The van der Waals surface area contributed by atoms with Crippen molar-refractivity contribution in [3.05, 3.63) is 0 Å². The summed E-state index contributed by atoms with van der Waals surface area (Å²) < 4.78 is 0. The summed E-state index contributed by atoms with van der Waals surface area (Å²) in [6, 6.07) is -0.491. The van der Waals surface area contributed by atoms with Crippen LogP contribution in [0.3, 0.4) is 0 Å². The maximum Gasteiger partial charge on any atom is 0.234 e. The summed E-state index contributed by atoms with van der Waals surface area (Å²) in [4.78, 5) is 10.2. The van der Waals surface area contributed by atoms with Gasteiger partial charge >= 0.3 is 0 Å². The molecule has 0 heterocycles. The van der Waals surface area contributed by atoms with Crippen LogP contribution < -0.4 is 11.5 Å². The number of rotatable bonds is 3. The van der Waals surface area contributed by atoms with E-state index in [1.165, 1.54) is 0 Å². The fraction of sp³-hybridized carbons (Fsp3) is 0.909. The minimum absolute atomic E-state index is 0.146. The lowest BCUT2D eigenvalue weighted by Crippen LogP contribution is -2.40. The third kappa shape index (κ3) is 9.52. The summed E-state index contributed by atoms with van der Waals surface area (Å²) in [5.74, 6) is 1.42. The fourth-order valence-corrected chi connectivity index (χ4v) is 0.329. The lowest BCUT2D eigenvalue weighted by molar-refractivity contribution is -0.120. The summed E-state index contributed by atoms with van der Waals surface area (Å²) in [6.07, 6.45) is 0. The molecule has 0 radical (unpaired) electrons. The van der Waals surface area contributed by atoms with Crippen molar-refractivity contribution in [3.8, 4) is 0 Å². The molecule has 0 rings (SSSR count). The van der Waals surface area contributed by atoms with Crippen molar-refractivity contribution in [2.45, 2.75) is 47.6 Å². The van der Waals surface area contributed by atoms with E-state index in [0.717, 1.165) is 11.8 Å². The zero-order valence-corrected chi connectivity index (χ0v) is 10.4. The molecule has 0 aromatic heterocycles. The van der Waals surface area contributed by atoms with E-state index in [1.54, 1.807) is 0 Å². The highest BCUT2D eigenvalue weighted by Gasteiger charge is 2.12. The van der Waals surface area contributed by atoms with Crippen LogP contribution in [0.25, 0.3) is 0 Å². The Morgan fingerprint density at radius 1 is 0.857 bits per heavy atom. The molecular formula is C11H26N2O. The predicted octanol–water partition coefficient (Wildman–Crippen LogP) is 1.75. The Kier molecular flexibility index (Phi) is 8.85. The Morgan fingerprint density at radius 2 is 1.14 bits per heavy atom. The third-order valence-corrected chi connectivity index (χ3v) is 2.38. The van der Waals surface area contributed by atoms with E-state index in [1.807, 2.05) is 13.8 Å². The number of hydrogen-bond donors (Lipinski definition) is 2. The molecule has 1 unspecified atom stereocenters. The van der Waals surface area contributed by atoms with Gasteiger partial charge in [-0.3, -0.25) is 4.79 Å². The number of nitrogens with two attached hydrogens (primary N) is 2. The Bertz CT molecular complexity index is 147. The fourth-order valence-electron chi connectivity index (χ4n) is 0.329. The van der Waals surface area contributed by atoms with Gasteiger partial charge in [0.2, 0.25) is 5.91 Å². The van der Waals surface area contributed by atoms with Gasteiger partial charge in [0.15, 0.2) is 0 Å². The lowest BCUT2D eigenvalue weighted by Gasteiger charge is -2.09. The van der Waals surface area contributed by atoms with E-state index in [-0.39, 0.29) is 5.92 Å². The van der Waals surface area contributed by atoms with Crippen LogP contribution in [0.5, 0.6) is 0 Å². The van der Waals surface area contributed by atoms with Crippen molar-refractivity contribution in [3.63, 3.8) is 0 Å². The first-order valence-electron chi connectivity index (χ1n) is 5.25. The van der Waals surface area contributed by atoms with E-state index in [2.05, 4.69) is 27.7 Å². The Hall–Kier alpha value is -0.570. The maximum absolute atomic E-state index is 10.2. The number of amides is 1. The Balaban J connectivity index is 0. The van der Waals surface area contributed by atoms with Crippen molar-refractivity contribution in [1.29, 1.82) is 0 Å². The van der Waals surface area contributed by atoms with Gasteiger partial charge in [-0.25, -0.2) is 0 Å². The highest BCUT2D eigenvalue weighted by atomic mass is 16.1. The third-order valence-electron chi connectivity index (χ3n) is 2.38. The van der Waals surface area contributed by atoms with Gasteiger partial charge in [-0.1, -0.05) is 41.5 Å². The van der Waals surface area contributed by atoms with Crippen LogP contribution in [0.4, 0.5) is 0 Å². The first-order chi connectivity index (χ1) is 6.20. The van der Waals surface area contributed by atoms with Crippen molar-refractivity contribution in [2.75, 3.05) is 0 Å². The summed E-state index contributed by atoms with van der Waals surface area (Å²) in [5, 5.41) is 0. The molecule has 0 fully saturated rings. The van der Waals surface area contributed by atoms with Crippen molar-refractivity contribution < 1.29 is 4.79 Å². The molecule has 0 aliphatic carbocycles. The minimum Gasteiger partial charge on any atom is -0.368 e. The molecule has 86 valence electrons. The van der Waals surface area contributed by atoms with Crippen LogP contribution in [0.2, 0.25) is 0 Å². The molecule has 1 atom stereocenters. The normalized spacial score (nSPS) is 12.7. The predicted molar refractivity (Wildman–Crippen MR) is 61.7 cm³/mol. The van der Waals surface area contributed by atoms with Crippen LogP contribution >= 0.6 is 0 Å². The summed E-state index contributed by atoms with van der Waals surface area (Å²) in [6.45, 7) is 12.7. The molecule has 3 heteroatoms. The average molecular weight is 202 g/mol. The zero-order chi connectivity index (χ0) is 11.9.